The summed E-state index contributed by atoms with van der Waals surface area (Å²) in [4.78, 5) is 12.3. The van der Waals surface area contributed by atoms with Crippen LogP contribution in [0.5, 0.6) is 0 Å². The summed E-state index contributed by atoms with van der Waals surface area (Å²) in [5, 5.41) is 0. The Morgan fingerprint density at radius 1 is 1.35 bits per heavy atom. The molecule has 0 atom stereocenters. The summed E-state index contributed by atoms with van der Waals surface area (Å²) >= 11 is 1.82. The van der Waals surface area contributed by atoms with Crippen LogP contribution in [-0.4, -0.2) is 11.5 Å². The summed E-state index contributed by atoms with van der Waals surface area (Å²) in [5.41, 5.74) is 0. The molecule has 0 amide bonds. The normalized spacial score (nSPS) is 9.94. The van der Waals surface area contributed by atoms with Crippen molar-refractivity contribution in [2.24, 2.45) is 0 Å². The molecule has 88 valence electrons. The molecule has 0 radical (unpaired) electrons. The molecule has 2 heteroatoms. The van der Waals surface area contributed by atoms with Crippen molar-refractivity contribution in [3.05, 3.63) is 42.5 Å². The van der Waals surface area contributed by atoms with Gasteiger partial charge in [-0.2, -0.15) is 0 Å². The van der Waals surface area contributed by atoms with Crippen LogP contribution in [0.15, 0.2) is 47.4 Å². The molecule has 0 N–H and O–H groups in total. The Morgan fingerprint density at radius 3 is 2.82 bits per heavy atom. The number of unbranched alkanes of at least 4 members (excludes halogenated alkanes) is 1. The van der Waals surface area contributed by atoms with Gasteiger partial charge in [-0.15, -0.1) is 11.8 Å². The lowest BCUT2D eigenvalue weighted by Crippen LogP contribution is -1.85. The number of ketones is 1. The predicted molar refractivity (Wildman–Crippen MR) is 74.0 cm³/mol. The van der Waals surface area contributed by atoms with Crippen LogP contribution in [0.2, 0.25) is 0 Å². The lowest BCUT2D eigenvalue weighted by atomic mass is 10.3. The summed E-state index contributed by atoms with van der Waals surface area (Å²) in [6.45, 7) is 1.82. The van der Waals surface area contributed by atoms with Crippen LogP contribution >= 0.6 is 11.8 Å². The van der Waals surface area contributed by atoms with Crippen LogP contribution in [0.4, 0.5) is 0 Å². The largest absolute Gasteiger partial charge is 0.280 e. The summed E-state index contributed by atoms with van der Waals surface area (Å²) in [5.74, 6) is 6.42. The van der Waals surface area contributed by atoms with Gasteiger partial charge in [0.1, 0.15) is 0 Å². The molecular weight excluding hydrogens is 228 g/mol. The number of carbonyl (C=O) groups excluding carboxylic acids is 1. The minimum absolute atomic E-state index is 0.108. The molecule has 0 unspecified atom stereocenters. The maximum Gasteiger partial charge on any atom is 0.228 e. The van der Waals surface area contributed by atoms with Gasteiger partial charge in [0.05, 0.1) is 0 Å². The number of hydrogen-bond acceptors (Lipinski definition) is 2. The van der Waals surface area contributed by atoms with Crippen LogP contribution in [0.25, 0.3) is 0 Å². The summed E-state index contributed by atoms with van der Waals surface area (Å²) in [6.07, 6.45) is 4.99. The van der Waals surface area contributed by atoms with E-state index in [4.69, 9.17) is 0 Å². The van der Waals surface area contributed by atoms with Gasteiger partial charge in [-0.3, -0.25) is 4.79 Å². The minimum atomic E-state index is -0.108. The van der Waals surface area contributed by atoms with Gasteiger partial charge in [-0.1, -0.05) is 30.2 Å². The molecule has 0 bridgehead atoms. The molecule has 0 fully saturated rings. The first-order valence-electron chi connectivity index (χ1n) is 5.66. The molecule has 0 aliphatic heterocycles. The van der Waals surface area contributed by atoms with E-state index < -0.39 is 0 Å². The minimum Gasteiger partial charge on any atom is -0.280 e. The van der Waals surface area contributed by atoms with Gasteiger partial charge in [-0.05, 0) is 43.2 Å². The van der Waals surface area contributed by atoms with Gasteiger partial charge in [0.2, 0.25) is 5.78 Å². The highest BCUT2D eigenvalue weighted by Crippen LogP contribution is 2.17. The van der Waals surface area contributed by atoms with Crippen molar-refractivity contribution in [2.45, 2.75) is 24.7 Å². The quantitative estimate of drug-likeness (QED) is 0.258. The molecule has 1 aromatic carbocycles. The summed E-state index contributed by atoms with van der Waals surface area (Å²) < 4.78 is 0. The highest BCUT2D eigenvalue weighted by atomic mass is 32.2. The Bertz CT molecular complexity index is 423. The van der Waals surface area contributed by atoms with E-state index in [1.807, 2.05) is 36.9 Å². The number of benzene rings is 1. The zero-order valence-corrected chi connectivity index (χ0v) is 10.8. The van der Waals surface area contributed by atoms with Crippen LogP contribution in [0.3, 0.4) is 0 Å². The van der Waals surface area contributed by atoms with Crippen LogP contribution in [-0.2, 0) is 4.79 Å². The van der Waals surface area contributed by atoms with E-state index in [1.54, 1.807) is 6.08 Å². The third kappa shape index (κ3) is 6.65. The molecule has 0 heterocycles. The monoisotopic (exact) mass is 244 g/mol. The van der Waals surface area contributed by atoms with E-state index in [2.05, 4.69) is 24.0 Å². The third-order valence-corrected chi connectivity index (χ3v) is 3.09. The molecule has 0 aliphatic rings. The second-order valence-electron chi connectivity index (χ2n) is 3.43. The Kier molecular flexibility index (Phi) is 6.93. The number of carbonyl (C=O) groups is 1. The number of hydrogen-bond donors (Lipinski definition) is 0. The number of rotatable bonds is 5. The topological polar surface area (TPSA) is 17.1 Å². The average molecular weight is 244 g/mol. The van der Waals surface area contributed by atoms with Crippen molar-refractivity contribution in [1.29, 1.82) is 0 Å². The Morgan fingerprint density at radius 2 is 2.12 bits per heavy atom. The zero-order chi connectivity index (χ0) is 12.3. The number of allylic oxidation sites excluding steroid dienone is 2. The smallest absolute Gasteiger partial charge is 0.228 e. The fourth-order valence-corrected chi connectivity index (χ4v) is 2.08. The summed E-state index contributed by atoms with van der Waals surface area (Å²) in [6, 6.07) is 10.3. The van der Waals surface area contributed by atoms with Crippen LogP contribution in [0.1, 0.15) is 19.8 Å². The average Bonchev–Trinajstić information content (AvgIpc) is 2.35. The van der Waals surface area contributed by atoms with Crippen molar-refractivity contribution in [3.63, 3.8) is 0 Å². The van der Waals surface area contributed by atoms with E-state index in [0.29, 0.717) is 0 Å². The molecule has 0 saturated heterocycles. The van der Waals surface area contributed by atoms with Crippen LogP contribution < -0.4 is 0 Å². The van der Waals surface area contributed by atoms with E-state index in [1.165, 1.54) is 11.0 Å². The van der Waals surface area contributed by atoms with Crippen molar-refractivity contribution >= 4 is 17.5 Å². The molecule has 0 aliphatic carbocycles. The van der Waals surface area contributed by atoms with Gasteiger partial charge < -0.3 is 0 Å². The van der Waals surface area contributed by atoms with Crippen molar-refractivity contribution in [2.75, 3.05) is 5.75 Å². The molecule has 17 heavy (non-hydrogen) atoms. The lowest BCUT2D eigenvalue weighted by molar-refractivity contribution is -0.109. The fraction of sp³-hybridized carbons (Fsp3) is 0.267. The van der Waals surface area contributed by atoms with E-state index in [-0.39, 0.29) is 5.78 Å². The Labute approximate surface area is 107 Å². The molecule has 1 rings (SSSR count). The van der Waals surface area contributed by atoms with Crippen molar-refractivity contribution < 1.29 is 4.79 Å². The Balaban J connectivity index is 2.15. The van der Waals surface area contributed by atoms with Crippen LogP contribution in [0, 0.1) is 11.8 Å². The van der Waals surface area contributed by atoms with Crippen molar-refractivity contribution in [1.82, 2.24) is 0 Å². The van der Waals surface area contributed by atoms with E-state index in [0.717, 1.165) is 18.6 Å². The number of thioether (sulfide) groups is 1. The summed E-state index contributed by atoms with van der Waals surface area (Å²) in [7, 11) is 0. The SMILES string of the molecule is C/C=C/C(=O)C#CCCCSc1ccccc1. The van der Waals surface area contributed by atoms with E-state index >= 15 is 0 Å². The first kappa shape index (κ1) is 13.6. The molecule has 0 aromatic heterocycles. The Hall–Kier alpha value is -1.46. The van der Waals surface area contributed by atoms with Gasteiger partial charge in [-0.25, -0.2) is 0 Å². The first-order valence-corrected chi connectivity index (χ1v) is 6.65. The van der Waals surface area contributed by atoms with Gasteiger partial charge >= 0.3 is 0 Å². The second kappa shape index (κ2) is 8.66. The fourth-order valence-electron chi connectivity index (χ4n) is 1.21. The van der Waals surface area contributed by atoms with Gasteiger partial charge in [0, 0.05) is 11.3 Å². The molecule has 1 nitrogen and oxygen atoms in total. The molecule has 1 aromatic rings. The third-order valence-electron chi connectivity index (χ3n) is 1.99. The maximum atomic E-state index is 11.0. The van der Waals surface area contributed by atoms with E-state index in [9.17, 15) is 4.79 Å². The first-order chi connectivity index (χ1) is 8.33. The highest BCUT2D eigenvalue weighted by Gasteiger charge is 1.91. The zero-order valence-electron chi connectivity index (χ0n) is 9.98. The second-order valence-corrected chi connectivity index (χ2v) is 4.60. The van der Waals surface area contributed by atoms with Gasteiger partial charge in [0.25, 0.3) is 0 Å². The van der Waals surface area contributed by atoms with Crippen molar-refractivity contribution in [3.8, 4) is 11.8 Å². The maximum absolute atomic E-state index is 11.0. The predicted octanol–water partition coefficient (Wildman–Crippen LogP) is 3.71. The molecule has 0 saturated carbocycles. The lowest BCUT2D eigenvalue weighted by Gasteiger charge is -1.98. The standard InChI is InChI=1S/C15H16OS/c1-2-9-14(16)10-5-4-8-13-17-15-11-6-3-7-12-15/h2-3,6-7,9,11-12H,4,8,13H2,1H3/b9-2+. The molecule has 0 spiro atoms. The highest BCUT2D eigenvalue weighted by molar-refractivity contribution is 7.99. The molecular formula is C15H16OS. The van der Waals surface area contributed by atoms with Gasteiger partial charge in [0.15, 0.2) is 0 Å².